The number of amides is 1. The summed E-state index contributed by atoms with van der Waals surface area (Å²) >= 11 is 2.96. The zero-order chi connectivity index (χ0) is 18.8. The Morgan fingerprint density at radius 3 is 2.70 bits per heavy atom. The second-order valence-corrected chi connectivity index (χ2v) is 8.36. The van der Waals surface area contributed by atoms with Crippen LogP contribution >= 0.6 is 23.1 Å². The molecule has 1 aromatic heterocycles. The second kappa shape index (κ2) is 7.82. The number of hydrogen-bond acceptors (Lipinski definition) is 3. The number of nitrogens with zero attached hydrogens (tertiary/aromatic N) is 1. The maximum absolute atomic E-state index is 13.4. The standard InChI is InChI=1S/C21H17F2NOS2/c22-17-7-6-15(12-18(17)23)27-13-20(25)24-10-8-19-16(9-11-26-19)21(24)14-4-2-1-3-5-14/h1-7,9,11-12,21H,8,10,13H2. The van der Waals surface area contributed by atoms with Gasteiger partial charge in [-0.1, -0.05) is 30.3 Å². The minimum Gasteiger partial charge on any atom is -0.330 e. The van der Waals surface area contributed by atoms with E-state index in [4.69, 9.17) is 0 Å². The zero-order valence-corrected chi connectivity index (χ0v) is 16.0. The Bertz CT molecular complexity index is 958. The summed E-state index contributed by atoms with van der Waals surface area (Å²) in [4.78, 5) is 16.7. The first-order valence-electron chi connectivity index (χ1n) is 8.62. The number of carbonyl (C=O) groups is 1. The third-order valence-corrected chi connectivity index (χ3v) is 6.63. The average molecular weight is 402 g/mol. The first-order valence-corrected chi connectivity index (χ1v) is 10.5. The molecule has 138 valence electrons. The number of fused-ring (bicyclic) bond motifs is 1. The summed E-state index contributed by atoms with van der Waals surface area (Å²) < 4.78 is 26.5. The molecule has 3 aromatic rings. The van der Waals surface area contributed by atoms with Crippen molar-refractivity contribution in [3.8, 4) is 0 Å². The molecule has 6 heteroatoms. The topological polar surface area (TPSA) is 20.3 Å². The van der Waals surface area contributed by atoms with Gasteiger partial charge in [0.05, 0.1) is 11.8 Å². The lowest BCUT2D eigenvalue weighted by Gasteiger charge is -2.36. The molecule has 1 atom stereocenters. The summed E-state index contributed by atoms with van der Waals surface area (Å²) in [6.45, 7) is 0.657. The Kier molecular flexibility index (Phi) is 5.27. The van der Waals surface area contributed by atoms with Gasteiger partial charge in [-0.2, -0.15) is 0 Å². The molecule has 2 nitrogen and oxygen atoms in total. The van der Waals surface area contributed by atoms with Crippen LogP contribution in [0.15, 0.2) is 64.9 Å². The summed E-state index contributed by atoms with van der Waals surface area (Å²) in [5, 5.41) is 2.07. The minimum atomic E-state index is -0.893. The summed E-state index contributed by atoms with van der Waals surface area (Å²) in [5.74, 6) is -1.59. The van der Waals surface area contributed by atoms with E-state index in [1.807, 2.05) is 35.2 Å². The Labute approximate surface area is 164 Å². The first kappa shape index (κ1) is 18.2. The molecule has 0 N–H and O–H groups in total. The van der Waals surface area contributed by atoms with E-state index >= 15 is 0 Å². The smallest absolute Gasteiger partial charge is 0.233 e. The molecule has 2 heterocycles. The predicted molar refractivity (Wildman–Crippen MR) is 105 cm³/mol. The number of carbonyl (C=O) groups excluding carboxylic acids is 1. The van der Waals surface area contributed by atoms with Crippen LogP contribution in [0.3, 0.4) is 0 Å². The van der Waals surface area contributed by atoms with Crippen LogP contribution < -0.4 is 0 Å². The normalized spacial score (nSPS) is 16.2. The van der Waals surface area contributed by atoms with Gasteiger partial charge >= 0.3 is 0 Å². The van der Waals surface area contributed by atoms with E-state index in [1.165, 1.54) is 28.3 Å². The first-order chi connectivity index (χ1) is 13.1. The third-order valence-electron chi connectivity index (χ3n) is 4.65. The molecular formula is C21H17F2NOS2. The van der Waals surface area contributed by atoms with Gasteiger partial charge < -0.3 is 4.90 Å². The van der Waals surface area contributed by atoms with Crippen molar-refractivity contribution in [1.82, 2.24) is 4.90 Å². The van der Waals surface area contributed by atoms with Gasteiger partial charge in [-0.25, -0.2) is 8.78 Å². The SMILES string of the molecule is O=C(CSc1ccc(F)c(F)c1)N1CCc2sccc2C1c1ccccc1. The maximum Gasteiger partial charge on any atom is 0.233 e. The number of thioether (sulfide) groups is 1. The van der Waals surface area contributed by atoms with Crippen LogP contribution in [0.5, 0.6) is 0 Å². The molecule has 2 aromatic carbocycles. The number of halogens is 2. The van der Waals surface area contributed by atoms with Gasteiger partial charge in [-0.3, -0.25) is 4.79 Å². The molecule has 1 amide bonds. The number of rotatable bonds is 4. The van der Waals surface area contributed by atoms with Crippen molar-refractivity contribution in [3.05, 3.63) is 87.6 Å². The Balaban J connectivity index is 1.55. The van der Waals surface area contributed by atoms with Crippen molar-refractivity contribution in [2.45, 2.75) is 17.4 Å². The van der Waals surface area contributed by atoms with Crippen LogP contribution in [0, 0.1) is 11.6 Å². The van der Waals surface area contributed by atoms with Crippen LogP contribution in [-0.4, -0.2) is 23.1 Å². The minimum absolute atomic E-state index is 0.00423. The Morgan fingerprint density at radius 1 is 1.11 bits per heavy atom. The molecule has 4 rings (SSSR count). The lowest BCUT2D eigenvalue weighted by atomic mass is 9.93. The molecule has 0 fully saturated rings. The van der Waals surface area contributed by atoms with Crippen molar-refractivity contribution in [2.75, 3.05) is 12.3 Å². The van der Waals surface area contributed by atoms with E-state index in [0.717, 1.165) is 24.1 Å². The zero-order valence-electron chi connectivity index (χ0n) is 14.4. The highest BCUT2D eigenvalue weighted by Crippen LogP contribution is 2.38. The van der Waals surface area contributed by atoms with E-state index in [0.29, 0.717) is 11.4 Å². The molecular weight excluding hydrogens is 384 g/mol. The quantitative estimate of drug-likeness (QED) is 0.554. The fourth-order valence-electron chi connectivity index (χ4n) is 3.37. The highest BCUT2D eigenvalue weighted by Gasteiger charge is 2.32. The van der Waals surface area contributed by atoms with Crippen LogP contribution in [-0.2, 0) is 11.2 Å². The highest BCUT2D eigenvalue weighted by molar-refractivity contribution is 8.00. The monoisotopic (exact) mass is 401 g/mol. The van der Waals surface area contributed by atoms with E-state index in [2.05, 4.69) is 11.4 Å². The molecule has 1 unspecified atom stereocenters. The Morgan fingerprint density at radius 2 is 1.93 bits per heavy atom. The van der Waals surface area contributed by atoms with Crippen LogP contribution in [0.4, 0.5) is 8.78 Å². The molecule has 1 aliphatic heterocycles. The van der Waals surface area contributed by atoms with Gasteiger partial charge in [0.25, 0.3) is 0 Å². The largest absolute Gasteiger partial charge is 0.330 e. The average Bonchev–Trinajstić information content (AvgIpc) is 3.17. The molecule has 0 radical (unpaired) electrons. The summed E-state index contributed by atoms with van der Waals surface area (Å²) in [7, 11) is 0. The molecule has 0 aliphatic carbocycles. The summed E-state index contributed by atoms with van der Waals surface area (Å²) in [5.41, 5.74) is 2.27. The maximum atomic E-state index is 13.4. The number of benzene rings is 2. The second-order valence-electron chi connectivity index (χ2n) is 6.31. The molecule has 27 heavy (non-hydrogen) atoms. The van der Waals surface area contributed by atoms with Gasteiger partial charge in [0.2, 0.25) is 5.91 Å². The summed E-state index contributed by atoms with van der Waals surface area (Å²) in [6.07, 6.45) is 0.845. The molecule has 0 saturated carbocycles. The molecule has 1 aliphatic rings. The van der Waals surface area contributed by atoms with Gasteiger partial charge in [0.1, 0.15) is 0 Å². The van der Waals surface area contributed by atoms with Crippen molar-refractivity contribution < 1.29 is 13.6 Å². The fraction of sp³-hybridized carbons (Fsp3) is 0.190. The third kappa shape index (κ3) is 3.77. The van der Waals surface area contributed by atoms with Crippen molar-refractivity contribution in [2.24, 2.45) is 0 Å². The lowest BCUT2D eigenvalue weighted by Crippen LogP contribution is -2.41. The van der Waals surface area contributed by atoms with Crippen LogP contribution in [0.2, 0.25) is 0 Å². The van der Waals surface area contributed by atoms with Gasteiger partial charge in [-0.05, 0) is 47.2 Å². The van der Waals surface area contributed by atoms with E-state index in [1.54, 1.807) is 11.3 Å². The fourth-order valence-corrected chi connectivity index (χ4v) is 5.09. The predicted octanol–water partition coefficient (Wildman–Crippen LogP) is 5.29. The van der Waals surface area contributed by atoms with E-state index in [9.17, 15) is 13.6 Å². The molecule has 0 saturated heterocycles. The van der Waals surface area contributed by atoms with Crippen molar-refractivity contribution in [1.29, 1.82) is 0 Å². The van der Waals surface area contributed by atoms with Crippen LogP contribution in [0.1, 0.15) is 22.0 Å². The molecule has 0 spiro atoms. The molecule has 0 bridgehead atoms. The Hall–Kier alpha value is -2.18. The number of hydrogen-bond donors (Lipinski definition) is 0. The van der Waals surface area contributed by atoms with Gasteiger partial charge in [-0.15, -0.1) is 23.1 Å². The van der Waals surface area contributed by atoms with Crippen molar-refractivity contribution in [3.63, 3.8) is 0 Å². The van der Waals surface area contributed by atoms with Crippen molar-refractivity contribution >= 4 is 29.0 Å². The number of thiophene rings is 1. The van der Waals surface area contributed by atoms with E-state index < -0.39 is 11.6 Å². The highest BCUT2D eigenvalue weighted by atomic mass is 32.2. The lowest BCUT2D eigenvalue weighted by molar-refractivity contribution is -0.130. The van der Waals surface area contributed by atoms with Crippen LogP contribution in [0.25, 0.3) is 0 Å². The van der Waals surface area contributed by atoms with E-state index in [-0.39, 0.29) is 17.7 Å². The van der Waals surface area contributed by atoms with Gasteiger partial charge in [0, 0.05) is 16.3 Å². The van der Waals surface area contributed by atoms with Gasteiger partial charge in [0.15, 0.2) is 11.6 Å². The summed E-state index contributed by atoms with van der Waals surface area (Å²) in [6, 6.07) is 15.7.